The summed E-state index contributed by atoms with van der Waals surface area (Å²) in [5.74, 6) is 0.833. The first-order chi connectivity index (χ1) is 11.9. The Labute approximate surface area is 145 Å². The SMILES string of the molecule is c1ccc(-n2nnnc2N2CCCN(Cc3cccs3)CC2)cc1. The molecule has 1 fully saturated rings. The first kappa shape index (κ1) is 15.3. The third-order valence-corrected chi connectivity index (χ3v) is 5.15. The van der Waals surface area contributed by atoms with Crippen molar-refractivity contribution in [1.82, 2.24) is 25.1 Å². The molecule has 1 aliphatic rings. The van der Waals surface area contributed by atoms with Gasteiger partial charge in [0.2, 0.25) is 5.95 Å². The van der Waals surface area contributed by atoms with Crippen molar-refractivity contribution < 1.29 is 0 Å². The maximum absolute atomic E-state index is 4.27. The van der Waals surface area contributed by atoms with Crippen molar-refractivity contribution in [1.29, 1.82) is 0 Å². The van der Waals surface area contributed by atoms with Crippen LogP contribution >= 0.6 is 11.3 Å². The van der Waals surface area contributed by atoms with E-state index in [-0.39, 0.29) is 0 Å². The highest BCUT2D eigenvalue weighted by atomic mass is 32.1. The zero-order chi connectivity index (χ0) is 16.2. The van der Waals surface area contributed by atoms with E-state index < -0.39 is 0 Å². The molecule has 0 saturated carbocycles. The average Bonchev–Trinajstić information content (AvgIpc) is 3.25. The van der Waals surface area contributed by atoms with Gasteiger partial charge >= 0.3 is 0 Å². The molecule has 0 aliphatic carbocycles. The summed E-state index contributed by atoms with van der Waals surface area (Å²) in [5, 5.41) is 14.5. The summed E-state index contributed by atoms with van der Waals surface area (Å²) in [6.07, 6.45) is 1.12. The fourth-order valence-electron chi connectivity index (χ4n) is 3.07. The third-order valence-electron chi connectivity index (χ3n) is 4.28. The van der Waals surface area contributed by atoms with E-state index in [1.165, 1.54) is 4.88 Å². The predicted octanol–water partition coefficient (Wildman–Crippen LogP) is 2.44. The summed E-state index contributed by atoms with van der Waals surface area (Å²) in [6, 6.07) is 14.4. The number of rotatable bonds is 4. The molecule has 0 spiro atoms. The van der Waals surface area contributed by atoms with E-state index in [1.54, 1.807) is 0 Å². The molecule has 4 rings (SSSR count). The number of anilines is 1. The lowest BCUT2D eigenvalue weighted by Gasteiger charge is -2.22. The van der Waals surface area contributed by atoms with E-state index in [0.29, 0.717) is 0 Å². The molecule has 0 bridgehead atoms. The molecular weight excluding hydrogens is 320 g/mol. The van der Waals surface area contributed by atoms with Crippen LogP contribution in [0.2, 0.25) is 0 Å². The highest BCUT2D eigenvalue weighted by molar-refractivity contribution is 7.09. The average molecular weight is 340 g/mol. The van der Waals surface area contributed by atoms with E-state index in [0.717, 1.165) is 50.8 Å². The Kier molecular flexibility index (Phi) is 4.53. The number of hydrogen-bond acceptors (Lipinski definition) is 6. The third kappa shape index (κ3) is 3.32. The van der Waals surface area contributed by atoms with Gasteiger partial charge in [0, 0.05) is 37.6 Å². The van der Waals surface area contributed by atoms with Crippen molar-refractivity contribution in [3.63, 3.8) is 0 Å². The summed E-state index contributed by atoms with van der Waals surface area (Å²) in [4.78, 5) is 6.24. The zero-order valence-corrected chi connectivity index (χ0v) is 14.3. The molecular formula is C17H20N6S. The standard InChI is InChI=1S/C17H20N6S/c1-2-6-15(7-3-1)23-17(18-19-20-23)22-10-5-9-21(11-12-22)14-16-8-4-13-24-16/h1-4,6-8,13H,5,9-12,14H2. The number of para-hydroxylation sites is 1. The first-order valence-corrected chi connectivity index (χ1v) is 9.11. The molecule has 2 aromatic heterocycles. The molecule has 1 aliphatic heterocycles. The fraction of sp³-hybridized carbons (Fsp3) is 0.353. The van der Waals surface area contributed by atoms with Crippen LogP contribution in [0.3, 0.4) is 0 Å². The van der Waals surface area contributed by atoms with E-state index in [4.69, 9.17) is 0 Å². The highest BCUT2D eigenvalue weighted by Crippen LogP contribution is 2.18. The maximum atomic E-state index is 4.27. The molecule has 7 heteroatoms. The summed E-state index contributed by atoms with van der Waals surface area (Å²) in [6.45, 7) is 5.10. The maximum Gasteiger partial charge on any atom is 0.250 e. The van der Waals surface area contributed by atoms with Crippen molar-refractivity contribution in [3.05, 3.63) is 52.7 Å². The minimum atomic E-state index is 0.833. The Morgan fingerprint density at radius 2 is 1.88 bits per heavy atom. The molecule has 1 aromatic carbocycles. The topological polar surface area (TPSA) is 50.1 Å². The molecule has 6 nitrogen and oxygen atoms in total. The van der Waals surface area contributed by atoms with Gasteiger partial charge in [-0.25, -0.2) is 0 Å². The monoisotopic (exact) mass is 340 g/mol. The van der Waals surface area contributed by atoms with Gasteiger partial charge in [-0.15, -0.1) is 11.3 Å². The number of thiophene rings is 1. The van der Waals surface area contributed by atoms with Gasteiger partial charge in [0.15, 0.2) is 0 Å². The molecule has 0 unspecified atom stereocenters. The van der Waals surface area contributed by atoms with Crippen LogP contribution in [0.25, 0.3) is 5.69 Å². The van der Waals surface area contributed by atoms with Crippen molar-refractivity contribution >= 4 is 17.3 Å². The molecule has 24 heavy (non-hydrogen) atoms. The lowest BCUT2D eigenvalue weighted by atomic mass is 10.3. The minimum Gasteiger partial charge on any atom is -0.338 e. The second kappa shape index (κ2) is 7.11. The van der Waals surface area contributed by atoms with Gasteiger partial charge in [-0.1, -0.05) is 29.4 Å². The van der Waals surface area contributed by atoms with E-state index >= 15 is 0 Å². The number of benzene rings is 1. The molecule has 0 N–H and O–H groups in total. The normalized spacial score (nSPS) is 16.2. The van der Waals surface area contributed by atoms with Gasteiger partial charge in [-0.05, 0) is 40.4 Å². The van der Waals surface area contributed by atoms with E-state index in [9.17, 15) is 0 Å². The van der Waals surface area contributed by atoms with Gasteiger partial charge in [-0.2, -0.15) is 4.68 Å². The van der Waals surface area contributed by atoms with Crippen LogP contribution in [-0.4, -0.2) is 51.3 Å². The number of aromatic nitrogens is 4. The molecule has 0 atom stereocenters. The Hall–Kier alpha value is -2.25. The van der Waals surface area contributed by atoms with Crippen LogP contribution < -0.4 is 4.90 Å². The quantitative estimate of drug-likeness (QED) is 0.730. The molecule has 3 heterocycles. The van der Waals surface area contributed by atoms with Gasteiger partial charge < -0.3 is 4.90 Å². The van der Waals surface area contributed by atoms with Crippen LogP contribution in [0.15, 0.2) is 47.8 Å². The highest BCUT2D eigenvalue weighted by Gasteiger charge is 2.20. The summed E-state index contributed by atoms with van der Waals surface area (Å²) in [5.41, 5.74) is 0.997. The minimum absolute atomic E-state index is 0.833. The number of nitrogens with zero attached hydrogens (tertiary/aromatic N) is 6. The molecule has 0 amide bonds. The molecule has 1 saturated heterocycles. The fourth-order valence-corrected chi connectivity index (χ4v) is 3.81. The second-order valence-corrected chi connectivity index (χ2v) is 6.95. The lowest BCUT2D eigenvalue weighted by molar-refractivity contribution is 0.288. The summed E-state index contributed by atoms with van der Waals surface area (Å²) >= 11 is 1.83. The second-order valence-electron chi connectivity index (χ2n) is 5.92. The van der Waals surface area contributed by atoms with Crippen LogP contribution in [0.1, 0.15) is 11.3 Å². The Morgan fingerprint density at radius 1 is 0.958 bits per heavy atom. The van der Waals surface area contributed by atoms with Crippen molar-refractivity contribution in [3.8, 4) is 5.69 Å². The lowest BCUT2D eigenvalue weighted by Crippen LogP contribution is -2.32. The smallest absolute Gasteiger partial charge is 0.250 e. The predicted molar refractivity (Wildman–Crippen MR) is 95.6 cm³/mol. The van der Waals surface area contributed by atoms with E-state index in [2.05, 4.69) is 42.8 Å². The summed E-state index contributed by atoms with van der Waals surface area (Å²) < 4.78 is 1.83. The Bertz CT molecular complexity index is 755. The van der Waals surface area contributed by atoms with Crippen molar-refractivity contribution in [2.24, 2.45) is 0 Å². The van der Waals surface area contributed by atoms with Gasteiger partial charge in [-0.3, -0.25) is 4.90 Å². The van der Waals surface area contributed by atoms with Crippen LogP contribution in [-0.2, 0) is 6.54 Å². The van der Waals surface area contributed by atoms with Crippen LogP contribution in [0.5, 0.6) is 0 Å². The number of tetrazole rings is 1. The van der Waals surface area contributed by atoms with Gasteiger partial charge in [0.25, 0.3) is 0 Å². The molecule has 0 radical (unpaired) electrons. The van der Waals surface area contributed by atoms with Crippen LogP contribution in [0.4, 0.5) is 5.95 Å². The Morgan fingerprint density at radius 3 is 2.71 bits per heavy atom. The molecule has 124 valence electrons. The first-order valence-electron chi connectivity index (χ1n) is 8.23. The van der Waals surface area contributed by atoms with Crippen LogP contribution in [0, 0.1) is 0 Å². The van der Waals surface area contributed by atoms with Crippen molar-refractivity contribution in [2.75, 3.05) is 31.1 Å². The summed E-state index contributed by atoms with van der Waals surface area (Å²) in [7, 11) is 0. The van der Waals surface area contributed by atoms with Gasteiger partial charge in [0.1, 0.15) is 0 Å². The largest absolute Gasteiger partial charge is 0.338 e. The number of hydrogen-bond donors (Lipinski definition) is 0. The van der Waals surface area contributed by atoms with Crippen molar-refractivity contribution in [2.45, 2.75) is 13.0 Å². The van der Waals surface area contributed by atoms with E-state index in [1.807, 2.05) is 46.4 Å². The van der Waals surface area contributed by atoms with Gasteiger partial charge in [0.05, 0.1) is 5.69 Å². The zero-order valence-electron chi connectivity index (χ0n) is 13.5. The Balaban J connectivity index is 1.47. The molecule has 3 aromatic rings.